The SMILES string of the molecule is COc1ccc(OC)c(N(CC(=O)N(Cc2ccccc2F)C(C)C(=O)NC(C)C)S(C)(=O)=O)c1. The number of nitrogens with zero attached hydrogens (tertiary/aromatic N) is 2. The molecule has 0 saturated heterocycles. The topological polar surface area (TPSA) is 105 Å². The van der Waals surface area contributed by atoms with Crippen LogP contribution in [0, 0.1) is 5.82 Å². The molecule has 0 aliphatic rings. The molecular formula is C24H32FN3O6S. The molecule has 1 N–H and O–H groups in total. The number of hydrogen-bond acceptors (Lipinski definition) is 6. The highest BCUT2D eigenvalue weighted by Gasteiger charge is 2.32. The number of hydrogen-bond donors (Lipinski definition) is 1. The lowest BCUT2D eigenvalue weighted by molar-refractivity contribution is -0.139. The van der Waals surface area contributed by atoms with Gasteiger partial charge in [-0.25, -0.2) is 12.8 Å². The molecular weight excluding hydrogens is 477 g/mol. The molecule has 1 atom stereocenters. The van der Waals surface area contributed by atoms with E-state index < -0.39 is 40.2 Å². The minimum Gasteiger partial charge on any atom is -0.497 e. The maximum Gasteiger partial charge on any atom is 0.244 e. The number of rotatable bonds is 11. The van der Waals surface area contributed by atoms with Gasteiger partial charge in [0, 0.05) is 24.2 Å². The van der Waals surface area contributed by atoms with Crippen LogP contribution in [-0.2, 0) is 26.2 Å². The van der Waals surface area contributed by atoms with Gasteiger partial charge in [-0.05, 0) is 39.0 Å². The average Bonchev–Trinajstić information content (AvgIpc) is 2.79. The molecule has 0 saturated carbocycles. The summed E-state index contributed by atoms with van der Waals surface area (Å²) < 4.78 is 51.3. The maximum absolute atomic E-state index is 14.4. The zero-order chi connectivity index (χ0) is 26.3. The largest absolute Gasteiger partial charge is 0.497 e. The number of methoxy groups -OCH3 is 2. The van der Waals surface area contributed by atoms with Gasteiger partial charge in [0.25, 0.3) is 0 Å². The summed E-state index contributed by atoms with van der Waals surface area (Å²) in [6.07, 6.45) is 0.954. The molecule has 35 heavy (non-hydrogen) atoms. The van der Waals surface area contributed by atoms with Crippen LogP contribution in [0.5, 0.6) is 11.5 Å². The quantitative estimate of drug-likeness (QED) is 0.499. The molecule has 0 aliphatic carbocycles. The van der Waals surface area contributed by atoms with Crippen molar-refractivity contribution in [2.75, 3.05) is 31.3 Å². The Balaban J connectivity index is 2.50. The van der Waals surface area contributed by atoms with Gasteiger partial charge in [-0.1, -0.05) is 18.2 Å². The summed E-state index contributed by atoms with van der Waals surface area (Å²) in [7, 11) is -1.18. The third kappa shape index (κ3) is 7.32. The normalized spacial score (nSPS) is 12.1. The van der Waals surface area contributed by atoms with Gasteiger partial charge in [0.15, 0.2) is 0 Å². The molecule has 0 bridgehead atoms. The average molecular weight is 510 g/mol. The zero-order valence-corrected chi connectivity index (χ0v) is 21.6. The van der Waals surface area contributed by atoms with Crippen molar-refractivity contribution >= 4 is 27.5 Å². The number of amides is 2. The summed E-state index contributed by atoms with van der Waals surface area (Å²) in [6, 6.07) is 9.23. The zero-order valence-electron chi connectivity index (χ0n) is 20.7. The second-order valence-electron chi connectivity index (χ2n) is 8.26. The predicted octanol–water partition coefficient (Wildman–Crippen LogP) is 2.55. The van der Waals surface area contributed by atoms with Crippen LogP contribution < -0.4 is 19.1 Å². The molecule has 2 rings (SSSR count). The highest BCUT2D eigenvalue weighted by Crippen LogP contribution is 2.34. The molecule has 9 nitrogen and oxygen atoms in total. The van der Waals surface area contributed by atoms with E-state index in [-0.39, 0.29) is 29.6 Å². The van der Waals surface area contributed by atoms with E-state index in [1.807, 2.05) is 0 Å². The van der Waals surface area contributed by atoms with Gasteiger partial charge < -0.3 is 19.7 Å². The standard InChI is InChI=1S/C24H32FN3O6S/c1-16(2)26-24(30)17(3)27(14-18-9-7-8-10-20(18)25)23(29)15-28(35(6,31)32)21-13-19(33-4)11-12-22(21)34-5/h7-13,16-17H,14-15H2,1-6H3,(H,26,30). The summed E-state index contributed by atoms with van der Waals surface area (Å²) >= 11 is 0. The number of benzene rings is 2. The Morgan fingerprint density at radius 1 is 1.06 bits per heavy atom. The molecule has 2 aromatic rings. The van der Waals surface area contributed by atoms with E-state index in [4.69, 9.17) is 9.47 Å². The van der Waals surface area contributed by atoms with Crippen LogP contribution in [0.15, 0.2) is 42.5 Å². The Kier molecular flexibility index (Phi) is 9.47. The second-order valence-corrected chi connectivity index (χ2v) is 10.2. The van der Waals surface area contributed by atoms with Gasteiger partial charge in [-0.15, -0.1) is 0 Å². The number of halogens is 1. The molecule has 1 unspecified atom stereocenters. The van der Waals surface area contributed by atoms with Crippen molar-refractivity contribution in [1.29, 1.82) is 0 Å². The third-order valence-electron chi connectivity index (χ3n) is 5.23. The van der Waals surface area contributed by atoms with E-state index in [9.17, 15) is 22.4 Å². The molecule has 0 fully saturated rings. The van der Waals surface area contributed by atoms with Gasteiger partial charge in [0.2, 0.25) is 21.8 Å². The number of anilines is 1. The molecule has 0 aliphatic heterocycles. The van der Waals surface area contributed by atoms with E-state index in [1.54, 1.807) is 26.0 Å². The van der Waals surface area contributed by atoms with Gasteiger partial charge >= 0.3 is 0 Å². The molecule has 192 valence electrons. The first-order chi connectivity index (χ1) is 16.4. The van der Waals surface area contributed by atoms with Crippen LogP contribution in [0.3, 0.4) is 0 Å². The summed E-state index contributed by atoms with van der Waals surface area (Å²) in [5.41, 5.74) is 0.280. The molecule has 0 spiro atoms. The second kappa shape index (κ2) is 11.9. The van der Waals surface area contributed by atoms with E-state index in [0.29, 0.717) is 5.75 Å². The summed E-state index contributed by atoms with van der Waals surface area (Å²) in [5.74, 6) is -1.13. The van der Waals surface area contributed by atoms with Crippen LogP contribution in [0.25, 0.3) is 0 Å². The molecule has 2 amide bonds. The van der Waals surface area contributed by atoms with Crippen molar-refractivity contribution in [1.82, 2.24) is 10.2 Å². The van der Waals surface area contributed by atoms with E-state index in [1.165, 1.54) is 51.5 Å². The van der Waals surface area contributed by atoms with E-state index in [0.717, 1.165) is 15.5 Å². The van der Waals surface area contributed by atoms with Crippen molar-refractivity contribution in [3.8, 4) is 11.5 Å². The number of carbonyl (C=O) groups is 2. The Morgan fingerprint density at radius 2 is 1.71 bits per heavy atom. The van der Waals surface area contributed by atoms with E-state index in [2.05, 4.69) is 5.32 Å². The fourth-order valence-electron chi connectivity index (χ4n) is 3.38. The van der Waals surface area contributed by atoms with Crippen LogP contribution in [0.4, 0.5) is 10.1 Å². The van der Waals surface area contributed by atoms with Crippen LogP contribution >= 0.6 is 0 Å². The van der Waals surface area contributed by atoms with Crippen molar-refractivity contribution in [2.24, 2.45) is 0 Å². The summed E-state index contributed by atoms with van der Waals surface area (Å²) in [5, 5.41) is 2.73. The lowest BCUT2D eigenvalue weighted by atomic mass is 10.1. The van der Waals surface area contributed by atoms with Gasteiger partial charge in [-0.2, -0.15) is 0 Å². The van der Waals surface area contributed by atoms with Crippen LogP contribution in [0.2, 0.25) is 0 Å². The minimum absolute atomic E-state index is 0.0906. The van der Waals surface area contributed by atoms with Crippen molar-refractivity contribution < 1.29 is 31.9 Å². The first-order valence-electron chi connectivity index (χ1n) is 10.9. The Bertz CT molecular complexity index is 1160. The number of ether oxygens (including phenoxy) is 2. The van der Waals surface area contributed by atoms with Gasteiger partial charge in [0.1, 0.15) is 29.9 Å². The highest BCUT2D eigenvalue weighted by molar-refractivity contribution is 7.92. The molecule has 0 heterocycles. The monoisotopic (exact) mass is 509 g/mol. The number of carbonyl (C=O) groups excluding carboxylic acids is 2. The number of sulfonamides is 1. The third-order valence-corrected chi connectivity index (χ3v) is 6.36. The first-order valence-corrected chi connectivity index (χ1v) is 12.8. The fraction of sp³-hybridized carbons (Fsp3) is 0.417. The van der Waals surface area contributed by atoms with E-state index >= 15 is 0 Å². The molecule has 2 aromatic carbocycles. The summed E-state index contributed by atoms with van der Waals surface area (Å²) in [6.45, 7) is 4.18. The van der Waals surface area contributed by atoms with Crippen molar-refractivity contribution in [3.63, 3.8) is 0 Å². The van der Waals surface area contributed by atoms with Crippen LogP contribution in [-0.4, -0.2) is 64.2 Å². The Morgan fingerprint density at radius 3 is 2.26 bits per heavy atom. The molecule has 11 heteroatoms. The van der Waals surface area contributed by atoms with Crippen molar-refractivity contribution in [2.45, 2.75) is 39.4 Å². The molecule has 0 radical (unpaired) electrons. The lowest BCUT2D eigenvalue weighted by Gasteiger charge is -2.32. The Hall–Kier alpha value is -3.34. The predicted molar refractivity (Wildman–Crippen MR) is 131 cm³/mol. The smallest absolute Gasteiger partial charge is 0.244 e. The summed E-state index contributed by atoms with van der Waals surface area (Å²) in [4.78, 5) is 27.4. The lowest BCUT2D eigenvalue weighted by Crippen LogP contribution is -2.52. The first kappa shape index (κ1) is 27.9. The van der Waals surface area contributed by atoms with Crippen LogP contribution in [0.1, 0.15) is 26.3 Å². The fourth-order valence-corrected chi connectivity index (χ4v) is 4.23. The van der Waals surface area contributed by atoms with Gasteiger partial charge in [-0.3, -0.25) is 13.9 Å². The molecule has 0 aromatic heterocycles. The van der Waals surface area contributed by atoms with Crippen molar-refractivity contribution in [3.05, 3.63) is 53.8 Å². The Labute approximate surface area is 205 Å². The maximum atomic E-state index is 14.4. The number of nitrogens with one attached hydrogen (secondary N) is 1. The van der Waals surface area contributed by atoms with Gasteiger partial charge in [0.05, 0.1) is 26.2 Å². The highest BCUT2D eigenvalue weighted by atomic mass is 32.2. The minimum atomic E-state index is -3.97.